The average molecular weight is 341 g/mol. The number of nitrogens with zero attached hydrogens (tertiary/aromatic N) is 2. The molecule has 24 heavy (non-hydrogen) atoms. The summed E-state index contributed by atoms with van der Waals surface area (Å²) >= 11 is 0. The van der Waals surface area contributed by atoms with Crippen LogP contribution in [0.1, 0.15) is 39.5 Å². The molecule has 2 aliphatic heterocycles. The van der Waals surface area contributed by atoms with E-state index in [1.165, 1.54) is 25.9 Å². The van der Waals surface area contributed by atoms with Gasteiger partial charge in [0.2, 0.25) is 0 Å². The van der Waals surface area contributed by atoms with Gasteiger partial charge in [-0.1, -0.05) is 0 Å². The smallest absolute Gasteiger partial charge is 0.191 e. The molecule has 1 unspecified atom stereocenters. The second kappa shape index (κ2) is 10.2. The molecule has 0 bridgehead atoms. The normalized spacial score (nSPS) is 26.7. The average Bonchev–Trinajstić information content (AvgIpc) is 3.03. The van der Waals surface area contributed by atoms with Gasteiger partial charge in [0.25, 0.3) is 0 Å². The molecule has 0 aromatic carbocycles. The molecular formula is C18H36N4O2. The maximum atomic E-state index is 5.83. The van der Waals surface area contributed by atoms with Crippen LogP contribution >= 0.6 is 0 Å². The van der Waals surface area contributed by atoms with Crippen LogP contribution in [0.4, 0.5) is 0 Å². The number of piperidine rings is 1. The molecule has 2 saturated heterocycles. The van der Waals surface area contributed by atoms with Crippen LogP contribution in [0.25, 0.3) is 0 Å². The molecule has 0 aromatic rings. The van der Waals surface area contributed by atoms with Crippen LogP contribution in [0.5, 0.6) is 0 Å². The molecule has 2 aliphatic rings. The van der Waals surface area contributed by atoms with Gasteiger partial charge >= 0.3 is 0 Å². The van der Waals surface area contributed by atoms with Crippen molar-refractivity contribution in [3.05, 3.63) is 0 Å². The van der Waals surface area contributed by atoms with Crippen LogP contribution in [0, 0.1) is 5.92 Å². The molecule has 0 amide bonds. The Hall–Kier alpha value is -0.850. The summed E-state index contributed by atoms with van der Waals surface area (Å²) in [4.78, 5) is 7.25. The van der Waals surface area contributed by atoms with Gasteiger partial charge in [-0.15, -0.1) is 0 Å². The first-order valence-electron chi connectivity index (χ1n) is 9.52. The van der Waals surface area contributed by atoms with E-state index in [0.29, 0.717) is 0 Å². The Morgan fingerprint density at radius 1 is 1.33 bits per heavy atom. The van der Waals surface area contributed by atoms with Gasteiger partial charge in [0.05, 0.1) is 18.8 Å². The van der Waals surface area contributed by atoms with Crippen molar-refractivity contribution in [2.45, 2.75) is 45.1 Å². The Labute approximate surface area is 147 Å². The van der Waals surface area contributed by atoms with Crippen molar-refractivity contribution in [2.24, 2.45) is 10.9 Å². The van der Waals surface area contributed by atoms with E-state index >= 15 is 0 Å². The van der Waals surface area contributed by atoms with Gasteiger partial charge < -0.3 is 25.0 Å². The molecule has 2 N–H and O–H groups in total. The first kappa shape index (κ1) is 19.5. The third-order valence-corrected chi connectivity index (χ3v) is 5.09. The van der Waals surface area contributed by atoms with E-state index in [0.717, 1.165) is 64.1 Å². The maximum Gasteiger partial charge on any atom is 0.191 e. The third-order valence-electron chi connectivity index (χ3n) is 5.09. The molecule has 0 spiro atoms. The zero-order valence-electron chi connectivity index (χ0n) is 15.8. The van der Waals surface area contributed by atoms with Crippen LogP contribution in [0.2, 0.25) is 0 Å². The lowest BCUT2D eigenvalue weighted by Crippen LogP contribution is -2.44. The number of guanidine groups is 1. The molecule has 6 heteroatoms. The highest BCUT2D eigenvalue weighted by Gasteiger charge is 2.29. The highest BCUT2D eigenvalue weighted by molar-refractivity contribution is 5.79. The van der Waals surface area contributed by atoms with E-state index in [1.807, 2.05) is 0 Å². The van der Waals surface area contributed by atoms with E-state index < -0.39 is 0 Å². The van der Waals surface area contributed by atoms with Crippen molar-refractivity contribution < 1.29 is 9.47 Å². The topological polar surface area (TPSA) is 58.1 Å². The summed E-state index contributed by atoms with van der Waals surface area (Å²) in [5.74, 6) is 1.65. The minimum Gasteiger partial charge on any atom is -0.383 e. The molecule has 1 atom stereocenters. The van der Waals surface area contributed by atoms with Gasteiger partial charge in [0.15, 0.2) is 5.96 Å². The van der Waals surface area contributed by atoms with Gasteiger partial charge in [-0.25, -0.2) is 0 Å². The maximum absolute atomic E-state index is 5.83. The van der Waals surface area contributed by atoms with Crippen LogP contribution in [-0.2, 0) is 9.47 Å². The molecule has 6 nitrogen and oxygen atoms in total. The minimum absolute atomic E-state index is 0.0744. The number of rotatable bonds is 8. The molecule has 2 fully saturated rings. The Bertz CT molecular complexity index is 375. The molecule has 0 saturated carbocycles. The van der Waals surface area contributed by atoms with Gasteiger partial charge in [-0.3, -0.25) is 4.99 Å². The largest absolute Gasteiger partial charge is 0.383 e. The van der Waals surface area contributed by atoms with Crippen molar-refractivity contribution >= 4 is 5.96 Å². The number of methoxy groups -OCH3 is 1. The molecular weight excluding hydrogens is 304 g/mol. The first-order valence-corrected chi connectivity index (χ1v) is 9.52. The summed E-state index contributed by atoms with van der Waals surface area (Å²) in [6, 6.07) is 0. The van der Waals surface area contributed by atoms with E-state index in [4.69, 9.17) is 14.5 Å². The zero-order chi connectivity index (χ0) is 17.3. The van der Waals surface area contributed by atoms with Crippen molar-refractivity contribution in [1.82, 2.24) is 15.5 Å². The molecule has 0 aliphatic carbocycles. The SMILES string of the molecule is CCNC(=NCC1(C)CCCO1)NCC1CCN(CCOC)CC1. The monoisotopic (exact) mass is 340 g/mol. The summed E-state index contributed by atoms with van der Waals surface area (Å²) in [7, 11) is 1.77. The lowest BCUT2D eigenvalue weighted by molar-refractivity contribution is 0.0283. The highest BCUT2D eigenvalue weighted by atomic mass is 16.5. The summed E-state index contributed by atoms with van der Waals surface area (Å²) in [5, 5.41) is 6.89. The Morgan fingerprint density at radius 2 is 2.12 bits per heavy atom. The molecule has 140 valence electrons. The Kier molecular flexibility index (Phi) is 8.29. The number of likely N-dealkylation sites (tertiary alicyclic amines) is 1. The fourth-order valence-electron chi connectivity index (χ4n) is 3.43. The molecule has 0 aromatic heterocycles. The van der Waals surface area contributed by atoms with E-state index in [2.05, 4.69) is 29.4 Å². The molecule has 2 heterocycles. The quantitative estimate of drug-likeness (QED) is 0.518. The van der Waals surface area contributed by atoms with Gasteiger partial charge in [-0.2, -0.15) is 0 Å². The molecule has 0 radical (unpaired) electrons. The summed E-state index contributed by atoms with van der Waals surface area (Å²) in [5.41, 5.74) is -0.0744. The van der Waals surface area contributed by atoms with E-state index in [1.54, 1.807) is 7.11 Å². The van der Waals surface area contributed by atoms with Gasteiger partial charge in [0.1, 0.15) is 0 Å². The summed E-state index contributed by atoms with van der Waals surface area (Å²) in [6.45, 7) is 12.0. The molecule has 2 rings (SSSR count). The predicted molar refractivity (Wildman–Crippen MR) is 98.6 cm³/mol. The first-order chi connectivity index (χ1) is 11.6. The Morgan fingerprint density at radius 3 is 2.75 bits per heavy atom. The second-order valence-electron chi connectivity index (χ2n) is 7.26. The van der Waals surface area contributed by atoms with Gasteiger partial charge in [0, 0.05) is 33.4 Å². The van der Waals surface area contributed by atoms with E-state index in [-0.39, 0.29) is 5.60 Å². The Balaban J connectivity index is 1.71. The van der Waals surface area contributed by atoms with Crippen molar-refractivity contribution in [3.8, 4) is 0 Å². The van der Waals surface area contributed by atoms with Gasteiger partial charge in [-0.05, 0) is 58.5 Å². The third kappa shape index (κ3) is 6.57. The van der Waals surface area contributed by atoms with Crippen molar-refractivity contribution in [2.75, 3.05) is 59.6 Å². The van der Waals surface area contributed by atoms with Crippen LogP contribution in [-0.4, -0.2) is 76.1 Å². The number of hydrogen-bond acceptors (Lipinski definition) is 4. The predicted octanol–water partition coefficient (Wildman–Crippen LogP) is 1.47. The zero-order valence-corrected chi connectivity index (χ0v) is 15.8. The number of aliphatic imine (C=N–C) groups is 1. The standard InChI is InChI=1S/C18H36N4O2/c1-4-19-17(21-15-18(2)8-5-12-24-18)20-14-16-6-9-22(10-7-16)11-13-23-3/h16H,4-15H2,1-3H3,(H2,19,20,21). The van der Waals surface area contributed by atoms with Crippen LogP contribution < -0.4 is 10.6 Å². The minimum atomic E-state index is -0.0744. The summed E-state index contributed by atoms with van der Waals surface area (Å²) in [6.07, 6.45) is 4.75. The lowest BCUT2D eigenvalue weighted by Gasteiger charge is -2.32. The van der Waals surface area contributed by atoms with Crippen molar-refractivity contribution in [1.29, 1.82) is 0 Å². The fraction of sp³-hybridized carbons (Fsp3) is 0.944. The lowest BCUT2D eigenvalue weighted by atomic mass is 9.97. The number of hydrogen-bond donors (Lipinski definition) is 2. The summed E-state index contributed by atoms with van der Waals surface area (Å²) < 4.78 is 11.0. The van der Waals surface area contributed by atoms with Crippen LogP contribution in [0.3, 0.4) is 0 Å². The van der Waals surface area contributed by atoms with Crippen molar-refractivity contribution in [3.63, 3.8) is 0 Å². The fourth-order valence-corrected chi connectivity index (χ4v) is 3.43. The van der Waals surface area contributed by atoms with E-state index in [9.17, 15) is 0 Å². The van der Waals surface area contributed by atoms with Crippen LogP contribution in [0.15, 0.2) is 4.99 Å². The number of ether oxygens (including phenoxy) is 2. The highest BCUT2D eigenvalue weighted by Crippen LogP contribution is 2.25. The number of nitrogens with one attached hydrogen (secondary N) is 2. The second-order valence-corrected chi connectivity index (χ2v) is 7.26.